The second-order valence-corrected chi connectivity index (χ2v) is 37.3. The maximum absolute atomic E-state index is 6.51. The van der Waals surface area contributed by atoms with Crippen molar-refractivity contribution in [3.8, 4) is 85.0 Å². The van der Waals surface area contributed by atoms with E-state index in [4.69, 9.17) is 43.2 Å². The van der Waals surface area contributed by atoms with Crippen molar-refractivity contribution in [2.75, 3.05) is 0 Å². The first-order valence-corrected chi connectivity index (χ1v) is 47.5. The van der Waals surface area contributed by atoms with Crippen LogP contribution in [0.25, 0.3) is 277 Å². The van der Waals surface area contributed by atoms with Crippen LogP contribution in [0.1, 0.15) is 0 Å². The van der Waals surface area contributed by atoms with E-state index in [2.05, 4.69) is 323 Å². The Hall–Kier alpha value is -17.3. The van der Waals surface area contributed by atoms with Crippen LogP contribution in [0.15, 0.2) is 432 Å². The maximum Gasteiger partial charge on any atom is 0.160 e. The van der Waals surface area contributed by atoms with Gasteiger partial charge in [-0.15, -0.1) is 34.0 Å². The van der Waals surface area contributed by atoms with Gasteiger partial charge < -0.3 is 27.0 Å². The number of benzene rings is 18. The lowest BCUT2D eigenvalue weighted by molar-refractivity contribution is 0.669. The van der Waals surface area contributed by atoms with Gasteiger partial charge in [-0.3, -0.25) is 0 Å². The highest BCUT2D eigenvalue weighted by Crippen LogP contribution is 2.50. The van der Waals surface area contributed by atoms with E-state index in [-0.39, 0.29) is 0 Å². The average molecular weight is 1780 g/mol. The Morgan fingerprint density at radius 1 is 0.185 bits per heavy atom. The molecule has 30 aromatic rings. The zero-order valence-corrected chi connectivity index (χ0v) is 74.3. The van der Waals surface area contributed by atoms with Gasteiger partial charge in [0.05, 0.1) is 86.2 Å². The van der Waals surface area contributed by atoms with Crippen LogP contribution in [-0.4, -0.2) is 43.6 Å². The van der Waals surface area contributed by atoms with Crippen LogP contribution in [0.4, 0.5) is 0 Å². The first-order chi connectivity index (χ1) is 66.9. The van der Waals surface area contributed by atoms with Gasteiger partial charge in [0.25, 0.3) is 0 Å². The predicted molar refractivity (Wildman–Crippen MR) is 562 cm³/mol. The molecule has 0 atom stereocenters. The summed E-state index contributed by atoms with van der Waals surface area (Å²) in [5.74, 6) is 2.22. The molecule has 18 aromatic carbocycles. The van der Waals surface area contributed by atoms with Gasteiger partial charge in [-0.05, 0) is 127 Å². The number of hydrogen-bond acceptors (Lipinski definition) is 12. The zero-order valence-electron chi connectivity index (χ0n) is 71.8. The summed E-state index contributed by atoms with van der Waals surface area (Å²) in [6.07, 6.45) is 0. The summed E-state index contributed by atoms with van der Waals surface area (Å²) in [5, 5.41) is 17.4. The normalized spacial score (nSPS) is 12.0. The molecule has 0 saturated heterocycles. The molecular weight excluding hydrogens is 1710 g/mol. The molecule has 0 fully saturated rings. The lowest BCUT2D eigenvalue weighted by Gasteiger charge is -2.08. The number of aromatic nitrogens is 9. The number of thiophene rings is 3. The first-order valence-electron chi connectivity index (χ1n) is 45.0. The largest absolute Gasteiger partial charge is 0.456 e. The third-order valence-electron chi connectivity index (χ3n) is 26.4. The Balaban J connectivity index is 0.000000101. The summed E-state index contributed by atoms with van der Waals surface area (Å²) in [6.45, 7) is 0. The standard InChI is InChI=1S/3C40H23N3OS/c1-3-11-24(12-4-1)36-39-37(42-40(41-36)25-13-5-2-6-14-25)30-20-19-26(23-34(30)45-39)43-31-17-9-7-16-29(31)35-32(43)22-21-28-27-15-8-10-18-33(27)44-38(28)35;1-3-11-24(12-4-1)37-39-38(42-40(41-37)25-13-5-2-6-14-25)29-20-19-26(21-36(29)45-39)43-32-17-9-7-15-27(32)30-23-35-31(22-33(30)43)28-16-8-10-18-34(28)44-35;1-3-11-24(12-4-1)37-39-38(42-40(41-37)25-13-5-2-6-14-25)29-20-19-26(23-34(29)45-39)43-30-17-9-7-15-27(30)35-31(43)21-22-33-36(35)28-16-8-10-18-32(28)44-33/h3*1-23H. The number of nitrogens with zero attached hydrogens (tertiary/aromatic N) is 9. The van der Waals surface area contributed by atoms with Crippen LogP contribution >= 0.6 is 34.0 Å². The summed E-state index contributed by atoms with van der Waals surface area (Å²) in [5.41, 5.74) is 27.9. The number of fused-ring (bicyclic) bond motifs is 29. The molecule has 0 spiro atoms. The van der Waals surface area contributed by atoms with Crippen molar-refractivity contribution in [2.45, 2.75) is 0 Å². The summed E-state index contributed by atoms with van der Waals surface area (Å²) in [4.78, 5) is 30.8. The number of para-hydroxylation sites is 6. The Morgan fingerprint density at radius 2 is 0.519 bits per heavy atom. The van der Waals surface area contributed by atoms with Gasteiger partial charge in [-0.25, -0.2) is 29.9 Å². The average Bonchev–Trinajstić information content (AvgIpc) is 1.56. The van der Waals surface area contributed by atoms with E-state index in [0.29, 0.717) is 0 Å². The highest BCUT2D eigenvalue weighted by Gasteiger charge is 2.27. The van der Waals surface area contributed by atoms with Crippen LogP contribution in [0.3, 0.4) is 0 Å². The third kappa shape index (κ3) is 12.3. The van der Waals surface area contributed by atoms with E-state index in [1.807, 2.05) is 109 Å². The van der Waals surface area contributed by atoms with Crippen LogP contribution in [-0.2, 0) is 0 Å². The van der Waals surface area contributed by atoms with Gasteiger partial charge in [-0.2, -0.15) is 0 Å². The van der Waals surface area contributed by atoms with Crippen molar-refractivity contribution in [1.29, 1.82) is 0 Å². The lowest BCUT2D eigenvalue weighted by Crippen LogP contribution is -1.94. The molecule has 630 valence electrons. The summed E-state index contributed by atoms with van der Waals surface area (Å²) >= 11 is 5.28. The minimum Gasteiger partial charge on any atom is -0.456 e. The minimum atomic E-state index is 0.739. The minimum absolute atomic E-state index is 0.739. The second kappa shape index (κ2) is 30.6. The second-order valence-electron chi connectivity index (χ2n) is 34.2. The molecule has 15 heteroatoms. The Labute approximate surface area is 780 Å². The molecule has 0 bridgehead atoms. The highest BCUT2D eigenvalue weighted by atomic mass is 32.1. The number of hydrogen-bond donors (Lipinski definition) is 0. The molecule has 0 unspecified atom stereocenters. The lowest BCUT2D eigenvalue weighted by atomic mass is 10.1. The molecule has 0 aliphatic rings. The molecule has 0 aliphatic heterocycles. The van der Waals surface area contributed by atoms with E-state index in [1.54, 1.807) is 34.0 Å². The third-order valence-corrected chi connectivity index (χ3v) is 29.9. The van der Waals surface area contributed by atoms with Crippen molar-refractivity contribution in [3.05, 3.63) is 419 Å². The van der Waals surface area contributed by atoms with Gasteiger partial charge in [0.1, 0.15) is 33.5 Å². The SMILES string of the molecule is c1ccc(-c2nc(-c3ccccc3)c3sc4cc(-n5c6ccccc6c6c7c(ccc65)oc5ccccc57)ccc4c3n2)cc1.c1ccc(-c2nc(-c3ccccc3)c3sc4cc(-n5c6ccccc6c6c7oc8ccccc8c7ccc65)ccc4c3n2)cc1.c1ccc(-c2nc(-c3ccccc3)c3sc4cc(-n5c6ccccc6c6cc7oc8ccccc8c7cc65)ccc4c3n2)cc1. The fourth-order valence-corrected chi connectivity index (χ4v) is 23.9. The smallest absolute Gasteiger partial charge is 0.160 e. The molecule has 135 heavy (non-hydrogen) atoms. The van der Waals surface area contributed by atoms with E-state index in [1.165, 1.54) is 52.1 Å². The van der Waals surface area contributed by atoms with Crippen LogP contribution < -0.4 is 0 Å². The van der Waals surface area contributed by atoms with Crippen molar-refractivity contribution in [2.24, 2.45) is 0 Å². The molecule has 12 nitrogen and oxygen atoms in total. The van der Waals surface area contributed by atoms with E-state index in [9.17, 15) is 0 Å². The first kappa shape index (κ1) is 76.5. The van der Waals surface area contributed by atoms with Crippen molar-refractivity contribution in [3.63, 3.8) is 0 Å². The molecule has 0 radical (unpaired) electrons. The number of rotatable bonds is 9. The summed E-state index contributed by atoms with van der Waals surface area (Å²) < 4.78 is 33.0. The fraction of sp³-hybridized carbons (Fsp3) is 0. The Bertz CT molecular complexity index is 9890. The molecule has 0 amide bonds. The van der Waals surface area contributed by atoms with E-state index in [0.717, 1.165) is 225 Å². The van der Waals surface area contributed by atoms with E-state index < -0.39 is 0 Å². The topological polar surface area (TPSA) is 132 Å². The fourth-order valence-electron chi connectivity index (χ4n) is 20.4. The highest BCUT2D eigenvalue weighted by molar-refractivity contribution is 7.27. The summed E-state index contributed by atoms with van der Waals surface area (Å²) in [6, 6.07) is 146. The Morgan fingerprint density at radius 3 is 0.978 bits per heavy atom. The molecule has 12 heterocycles. The molecule has 0 N–H and O–H groups in total. The van der Waals surface area contributed by atoms with Crippen LogP contribution in [0, 0.1) is 0 Å². The van der Waals surface area contributed by atoms with Gasteiger partial charge in [0.15, 0.2) is 17.5 Å². The zero-order chi connectivity index (χ0) is 88.5. The Kier molecular flexibility index (Phi) is 17.4. The van der Waals surface area contributed by atoms with Gasteiger partial charge >= 0.3 is 0 Å². The maximum atomic E-state index is 6.51. The number of furan rings is 3. The molecule has 0 aliphatic carbocycles. The summed E-state index contributed by atoms with van der Waals surface area (Å²) in [7, 11) is 0. The van der Waals surface area contributed by atoms with E-state index >= 15 is 0 Å². The monoisotopic (exact) mass is 1780 g/mol. The van der Waals surface area contributed by atoms with Crippen molar-refractivity contribution >= 4 is 226 Å². The van der Waals surface area contributed by atoms with Crippen molar-refractivity contribution < 1.29 is 13.3 Å². The van der Waals surface area contributed by atoms with Crippen LogP contribution in [0.5, 0.6) is 0 Å². The van der Waals surface area contributed by atoms with Crippen LogP contribution in [0.2, 0.25) is 0 Å². The van der Waals surface area contributed by atoms with Gasteiger partial charge in [0.2, 0.25) is 0 Å². The van der Waals surface area contributed by atoms with Crippen molar-refractivity contribution in [1.82, 2.24) is 43.6 Å². The molecule has 30 rings (SSSR count). The quantitative estimate of drug-likeness (QED) is 0.139. The van der Waals surface area contributed by atoms with Gasteiger partial charge in [-0.1, -0.05) is 291 Å². The predicted octanol–water partition coefficient (Wildman–Crippen LogP) is 33.5. The van der Waals surface area contributed by atoms with Gasteiger partial charge in [0, 0.05) is 140 Å². The molecule has 12 aromatic heterocycles. The molecular formula is C120H69N9O3S3. The molecule has 0 saturated carbocycles.